The molecule has 0 aromatic heterocycles. The maximum absolute atomic E-state index is 12.5. The summed E-state index contributed by atoms with van der Waals surface area (Å²) in [5.41, 5.74) is -2.20. The summed E-state index contributed by atoms with van der Waals surface area (Å²) in [5.74, 6) is -5.43. The van der Waals surface area contributed by atoms with Crippen LogP contribution in [-0.2, 0) is 0 Å². The Bertz CT molecular complexity index is 869. The molecule has 7 nitrogen and oxygen atoms in total. The fourth-order valence-corrected chi connectivity index (χ4v) is 2.34. The average Bonchev–Trinajstić information content (AvgIpc) is 2.53. The quantitative estimate of drug-likeness (QED) is 0.666. The van der Waals surface area contributed by atoms with Crippen molar-refractivity contribution in [3.05, 3.63) is 68.7 Å². The molecule has 0 spiro atoms. The third-order valence-electron chi connectivity index (χ3n) is 3.20. The van der Waals surface area contributed by atoms with E-state index in [9.17, 15) is 24.3 Å². The van der Waals surface area contributed by atoms with Gasteiger partial charge in [-0.2, -0.15) is 0 Å². The van der Waals surface area contributed by atoms with Gasteiger partial charge in [-0.3, -0.25) is 4.79 Å². The van der Waals surface area contributed by atoms with Gasteiger partial charge in [-0.25, -0.2) is 14.4 Å². The molecule has 0 aliphatic heterocycles. The molecule has 24 heavy (non-hydrogen) atoms. The molecule has 122 valence electrons. The van der Waals surface area contributed by atoms with Gasteiger partial charge in [0, 0.05) is 15.6 Å². The Morgan fingerprint density at radius 2 is 1.04 bits per heavy atom. The molecule has 0 saturated carbocycles. The Balaban J connectivity index is 2.71. The first-order valence-electron chi connectivity index (χ1n) is 6.40. The minimum atomic E-state index is -1.60. The molecule has 8 heteroatoms. The summed E-state index contributed by atoms with van der Waals surface area (Å²) < 4.78 is 0.699. The molecular formula is C16H9BrO7. The molecule has 0 amide bonds. The highest BCUT2D eigenvalue weighted by atomic mass is 79.9. The van der Waals surface area contributed by atoms with Crippen LogP contribution in [0.5, 0.6) is 0 Å². The largest absolute Gasteiger partial charge is 0.478 e. The average molecular weight is 393 g/mol. The number of carboxylic acid groups (broad SMARTS) is 3. The van der Waals surface area contributed by atoms with Crippen molar-refractivity contribution >= 4 is 39.6 Å². The lowest BCUT2D eigenvalue weighted by Gasteiger charge is -2.10. The van der Waals surface area contributed by atoms with Crippen LogP contribution in [0.4, 0.5) is 0 Å². The molecular weight excluding hydrogens is 384 g/mol. The van der Waals surface area contributed by atoms with E-state index in [0.717, 1.165) is 6.07 Å². The first-order chi connectivity index (χ1) is 11.2. The van der Waals surface area contributed by atoms with Crippen molar-refractivity contribution in [2.75, 3.05) is 0 Å². The topological polar surface area (TPSA) is 129 Å². The summed E-state index contributed by atoms with van der Waals surface area (Å²) in [5, 5.41) is 27.4. The van der Waals surface area contributed by atoms with Crippen molar-refractivity contribution in [2.24, 2.45) is 0 Å². The van der Waals surface area contributed by atoms with Gasteiger partial charge in [-0.05, 0) is 36.4 Å². The number of hydrogen-bond donors (Lipinski definition) is 3. The third-order valence-corrected chi connectivity index (χ3v) is 3.73. The Morgan fingerprint density at radius 1 is 0.667 bits per heavy atom. The van der Waals surface area contributed by atoms with Crippen LogP contribution in [0.1, 0.15) is 47.0 Å². The molecule has 0 aliphatic carbocycles. The van der Waals surface area contributed by atoms with Gasteiger partial charge in [0.1, 0.15) is 0 Å². The molecule has 2 rings (SSSR count). The molecule has 0 saturated heterocycles. The zero-order chi connectivity index (χ0) is 18.0. The van der Waals surface area contributed by atoms with Crippen LogP contribution < -0.4 is 0 Å². The summed E-state index contributed by atoms with van der Waals surface area (Å²) in [7, 11) is 0. The maximum atomic E-state index is 12.5. The summed E-state index contributed by atoms with van der Waals surface area (Å²) in [6.45, 7) is 0. The van der Waals surface area contributed by atoms with Crippen molar-refractivity contribution in [1.29, 1.82) is 0 Å². The van der Waals surface area contributed by atoms with E-state index < -0.39 is 45.9 Å². The van der Waals surface area contributed by atoms with E-state index in [0.29, 0.717) is 10.5 Å². The number of carbonyl (C=O) groups excluding carboxylic acids is 1. The second-order valence-corrected chi connectivity index (χ2v) is 5.61. The second-order valence-electron chi connectivity index (χ2n) is 4.69. The van der Waals surface area contributed by atoms with E-state index in [4.69, 9.17) is 10.2 Å². The highest BCUT2D eigenvalue weighted by Gasteiger charge is 2.25. The number of aromatic carboxylic acids is 3. The maximum Gasteiger partial charge on any atom is 0.336 e. The summed E-state index contributed by atoms with van der Waals surface area (Å²) in [4.78, 5) is 46.3. The van der Waals surface area contributed by atoms with Crippen LogP contribution in [0.3, 0.4) is 0 Å². The molecule has 0 atom stereocenters. The van der Waals surface area contributed by atoms with Gasteiger partial charge < -0.3 is 15.3 Å². The molecule has 0 unspecified atom stereocenters. The number of benzene rings is 2. The minimum absolute atomic E-state index is 0.139. The van der Waals surface area contributed by atoms with E-state index in [2.05, 4.69) is 15.9 Å². The fraction of sp³-hybridized carbons (Fsp3) is 0. The van der Waals surface area contributed by atoms with Crippen LogP contribution in [0.15, 0.2) is 40.9 Å². The minimum Gasteiger partial charge on any atom is -0.478 e. The van der Waals surface area contributed by atoms with Gasteiger partial charge in [0.25, 0.3) is 0 Å². The molecule has 0 radical (unpaired) electrons. The van der Waals surface area contributed by atoms with Gasteiger partial charge in [-0.1, -0.05) is 15.9 Å². The Morgan fingerprint density at radius 3 is 1.46 bits per heavy atom. The molecule has 3 N–H and O–H groups in total. The van der Waals surface area contributed by atoms with Crippen molar-refractivity contribution < 1.29 is 34.5 Å². The van der Waals surface area contributed by atoms with Crippen LogP contribution in [0.2, 0.25) is 0 Å². The molecule has 2 aromatic rings. The Hall–Kier alpha value is -3.00. The second kappa shape index (κ2) is 6.63. The lowest BCUT2D eigenvalue weighted by molar-refractivity contribution is 0.0648. The zero-order valence-corrected chi connectivity index (χ0v) is 13.4. The number of rotatable bonds is 5. The van der Waals surface area contributed by atoms with Gasteiger partial charge >= 0.3 is 17.9 Å². The van der Waals surface area contributed by atoms with E-state index in [-0.39, 0.29) is 5.56 Å². The molecule has 0 heterocycles. The van der Waals surface area contributed by atoms with Crippen molar-refractivity contribution in [3.63, 3.8) is 0 Å². The smallest absolute Gasteiger partial charge is 0.336 e. The molecule has 0 fully saturated rings. The summed E-state index contributed by atoms with van der Waals surface area (Å²) in [6.07, 6.45) is 0. The number of hydrogen-bond acceptors (Lipinski definition) is 4. The lowest BCUT2D eigenvalue weighted by atomic mass is 9.93. The predicted octanol–water partition coefficient (Wildman–Crippen LogP) is 2.77. The Kier molecular flexibility index (Phi) is 4.79. The summed E-state index contributed by atoms with van der Waals surface area (Å²) >= 11 is 3.20. The van der Waals surface area contributed by atoms with Crippen molar-refractivity contribution in [2.45, 2.75) is 0 Å². The SMILES string of the molecule is O=C(O)c1cc(C(=O)O)c(C(=O)c2ccc(Br)cc2)cc1C(=O)O. The van der Waals surface area contributed by atoms with E-state index in [1.54, 1.807) is 12.1 Å². The van der Waals surface area contributed by atoms with Crippen molar-refractivity contribution in [3.8, 4) is 0 Å². The van der Waals surface area contributed by atoms with Crippen LogP contribution >= 0.6 is 15.9 Å². The fourth-order valence-electron chi connectivity index (χ4n) is 2.08. The Labute approximate surface area is 143 Å². The van der Waals surface area contributed by atoms with Crippen LogP contribution in [0.25, 0.3) is 0 Å². The third kappa shape index (κ3) is 3.33. The lowest BCUT2D eigenvalue weighted by Crippen LogP contribution is -2.16. The summed E-state index contributed by atoms with van der Waals surface area (Å²) in [6, 6.07) is 7.46. The number of halogens is 1. The van der Waals surface area contributed by atoms with E-state index in [1.165, 1.54) is 12.1 Å². The van der Waals surface area contributed by atoms with E-state index in [1.807, 2.05) is 0 Å². The highest BCUT2D eigenvalue weighted by Crippen LogP contribution is 2.22. The molecule has 2 aromatic carbocycles. The molecule has 0 bridgehead atoms. The standard InChI is InChI=1S/C16H9BrO7/c17-8-3-1-7(2-4-8)13(18)9-5-11(15(21)22)12(16(23)24)6-10(9)14(19)20/h1-6H,(H,19,20)(H,21,22)(H,23,24). The van der Waals surface area contributed by atoms with Gasteiger partial charge in [0.2, 0.25) is 0 Å². The van der Waals surface area contributed by atoms with Crippen molar-refractivity contribution in [1.82, 2.24) is 0 Å². The first kappa shape index (κ1) is 17.4. The van der Waals surface area contributed by atoms with Gasteiger partial charge in [0.15, 0.2) is 5.78 Å². The predicted molar refractivity (Wildman–Crippen MR) is 84.9 cm³/mol. The van der Waals surface area contributed by atoms with Crippen LogP contribution in [-0.4, -0.2) is 39.0 Å². The number of carboxylic acids is 3. The van der Waals surface area contributed by atoms with Gasteiger partial charge in [0.05, 0.1) is 16.7 Å². The first-order valence-corrected chi connectivity index (χ1v) is 7.20. The number of ketones is 1. The van der Waals surface area contributed by atoms with E-state index >= 15 is 0 Å². The molecule has 0 aliphatic rings. The normalized spacial score (nSPS) is 10.2. The monoisotopic (exact) mass is 392 g/mol. The van der Waals surface area contributed by atoms with Gasteiger partial charge in [-0.15, -0.1) is 0 Å². The number of carbonyl (C=O) groups is 4. The highest BCUT2D eigenvalue weighted by molar-refractivity contribution is 9.10. The zero-order valence-electron chi connectivity index (χ0n) is 11.8. The van der Waals surface area contributed by atoms with Crippen LogP contribution in [0, 0.1) is 0 Å².